The summed E-state index contributed by atoms with van der Waals surface area (Å²) in [5.41, 5.74) is 1.08. The first-order valence-corrected chi connectivity index (χ1v) is 10.2. The molecule has 1 atom stereocenters. The molecule has 1 aliphatic rings. The van der Waals surface area contributed by atoms with E-state index in [9.17, 15) is 17.6 Å². The maximum atomic E-state index is 13.2. The number of carbonyl (C=O) groups is 1. The van der Waals surface area contributed by atoms with E-state index in [4.69, 9.17) is 0 Å². The second kappa shape index (κ2) is 6.86. The number of aryl methyl sites for hydroxylation is 2. The van der Waals surface area contributed by atoms with E-state index in [1.165, 1.54) is 33.8 Å². The minimum Gasteiger partial charge on any atom is -0.324 e. The molecule has 1 unspecified atom stereocenters. The number of carbonyl (C=O) groups excluding carboxylic acids is 1. The number of sulfonamides is 1. The number of benzene rings is 1. The molecule has 0 spiro atoms. The van der Waals surface area contributed by atoms with Crippen molar-refractivity contribution in [2.45, 2.75) is 36.9 Å². The monoisotopic (exact) mass is 382 g/mol. The Hall–Kier alpha value is -1.77. The minimum absolute atomic E-state index is 0.252. The standard InChI is InChI=1S/C17H19FN2O3S2/c1-11-10-13(18)6-7-14(11)19-17(21)15-4-3-9-20(15)25(22,23)16-8-5-12(2)24-16/h5-8,10,15H,3-4,9H2,1-2H3,(H,19,21). The van der Waals surface area contributed by atoms with Crippen molar-refractivity contribution in [3.05, 3.63) is 46.6 Å². The van der Waals surface area contributed by atoms with Crippen LogP contribution in [-0.2, 0) is 14.8 Å². The molecule has 1 aromatic heterocycles. The molecule has 5 nitrogen and oxygen atoms in total. The highest BCUT2D eigenvalue weighted by molar-refractivity contribution is 7.91. The topological polar surface area (TPSA) is 66.5 Å². The van der Waals surface area contributed by atoms with Crippen molar-refractivity contribution in [3.8, 4) is 0 Å². The summed E-state index contributed by atoms with van der Waals surface area (Å²) < 4.78 is 40.4. The zero-order valence-corrected chi connectivity index (χ0v) is 15.6. The van der Waals surface area contributed by atoms with E-state index in [1.54, 1.807) is 19.1 Å². The Balaban J connectivity index is 1.82. The van der Waals surface area contributed by atoms with Crippen molar-refractivity contribution in [2.24, 2.45) is 0 Å². The lowest BCUT2D eigenvalue weighted by Crippen LogP contribution is -2.42. The van der Waals surface area contributed by atoms with Gasteiger partial charge in [-0.05, 0) is 62.6 Å². The summed E-state index contributed by atoms with van der Waals surface area (Å²) in [4.78, 5) is 13.5. The molecule has 2 aromatic rings. The first kappa shape index (κ1) is 18.0. The summed E-state index contributed by atoms with van der Waals surface area (Å²) in [6.45, 7) is 3.85. The van der Waals surface area contributed by atoms with Gasteiger partial charge in [-0.15, -0.1) is 11.3 Å². The Morgan fingerprint density at radius 1 is 1.28 bits per heavy atom. The number of halogens is 1. The van der Waals surface area contributed by atoms with Crippen LogP contribution in [0.3, 0.4) is 0 Å². The van der Waals surface area contributed by atoms with Gasteiger partial charge < -0.3 is 5.32 Å². The summed E-state index contributed by atoms with van der Waals surface area (Å²) in [5, 5.41) is 2.73. The third-order valence-electron chi connectivity index (χ3n) is 4.23. The summed E-state index contributed by atoms with van der Waals surface area (Å²) in [5.74, 6) is -0.766. The van der Waals surface area contributed by atoms with E-state index >= 15 is 0 Å². The van der Waals surface area contributed by atoms with Crippen LogP contribution in [0.15, 0.2) is 34.5 Å². The zero-order valence-electron chi connectivity index (χ0n) is 14.0. The van der Waals surface area contributed by atoms with Crippen molar-refractivity contribution < 1.29 is 17.6 Å². The van der Waals surface area contributed by atoms with Crippen LogP contribution < -0.4 is 5.32 Å². The highest BCUT2D eigenvalue weighted by Crippen LogP contribution is 2.30. The lowest BCUT2D eigenvalue weighted by molar-refractivity contribution is -0.119. The van der Waals surface area contributed by atoms with E-state index in [0.717, 1.165) is 4.88 Å². The first-order chi connectivity index (χ1) is 11.8. The van der Waals surface area contributed by atoms with Crippen LogP contribution in [0.5, 0.6) is 0 Å². The smallest absolute Gasteiger partial charge is 0.253 e. The third-order valence-corrected chi connectivity index (χ3v) is 7.61. The molecule has 1 aromatic carbocycles. The van der Waals surface area contributed by atoms with Crippen molar-refractivity contribution in [1.82, 2.24) is 4.31 Å². The third kappa shape index (κ3) is 3.61. The average molecular weight is 382 g/mol. The van der Waals surface area contributed by atoms with Gasteiger partial charge >= 0.3 is 0 Å². The molecule has 2 heterocycles. The van der Waals surface area contributed by atoms with Crippen LogP contribution in [-0.4, -0.2) is 31.2 Å². The summed E-state index contributed by atoms with van der Waals surface area (Å²) in [6, 6.07) is 6.65. The minimum atomic E-state index is -3.69. The predicted molar refractivity (Wildman–Crippen MR) is 95.7 cm³/mol. The molecule has 1 fully saturated rings. The number of hydrogen-bond donors (Lipinski definition) is 1. The van der Waals surface area contributed by atoms with Crippen LogP contribution in [0.1, 0.15) is 23.3 Å². The van der Waals surface area contributed by atoms with Gasteiger partial charge in [-0.25, -0.2) is 12.8 Å². The van der Waals surface area contributed by atoms with Gasteiger partial charge in [0.2, 0.25) is 5.91 Å². The lowest BCUT2D eigenvalue weighted by Gasteiger charge is -2.23. The second-order valence-electron chi connectivity index (χ2n) is 6.09. The van der Waals surface area contributed by atoms with Gasteiger partial charge in [-0.2, -0.15) is 4.31 Å². The maximum absolute atomic E-state index is 13.2. The van der Waals surface area contributed by atoms with Gasteiger partial charge in [-0.1, -0.05) is 0 Å². The fourth-order valence-corrected chi connectivity index (χ4v) is 6.01. The van der Waals surface area contributed by atoms with Gasteiger partial charge in [0, 0.05) is 17.1 Å². The Morgan fingerprint density at radius 2 is 2.04 bits per heavy atom. The fraction of sp³-hybridized carbons (Fsp3) is 0.353. The molecular weight excluding hydrogens is 363 g/mol. The van der Waals surface area contributed by atoms with E-state index in [-0.39, 0.29) is 15.9 Å². The van der Waals surface area contributed by atoms with Gasteiger partial charge in [-0.3, -0.25) is 4.79 Å². The van der Waals surface area contributed by atoms with Gasteiger partial charge in [0.15, 0.2) is 0 Å². The highest BCUT2D eigenvalue weighted by atomic mass is 32.2. The molecule has 0 radical (unpaired) electrons. The van der Waals surface area contributed by atoms with E-state index < -0.39 is 16.1 Å². The molecule has 0 saturated carbocycles. The first-order valence-electron chi connectivity index (χ1n) is 7.94. The highest BCUT2D eigenvalue weighted by Gasteiger charge is 2.40. The Labute approximate surface area is 150 Å². The molecule has 1 N–H and O–H groups in total. The summed E-state index contributed by atoms with van der Waals surface area (Å²) in [7, 11) is -3.69. The van der Waals surface area contributed by atoms with Gasteiger partial charge in [0.25, 0.3) is 10.0 Å². The molecule has 3 rings (SSSR count). The van der Waals surface area contributed by atoms with Crippen molar-refractivity contribution in [2.75, 3.05) is 11.9 Å². The molecule has 1 amide bonds. The number of hydrogen-bond acceptors (Lipinski definition) is 4. The quantitative estimate of drug-likeness (QED) is 0.882. The van der Waals surface area contributed by atoms with E-state index in [1.807, 2.05) is 6.92 Å². The fourth-order valence-electron chi connectivity index (χ4n) is 2.94. The van der Waals surface area contributed by atoms with Crippen molar-refractivity contribution in [3.63, 3.8) is 0 Å². The molecule has 0 aliphatic carbocycles. The number of nitrogens with zero attached hydrogens (tertiary/aromatic N) is 1. The SMILES string of the molecule is Cc1ccc(S(=O)(=O)N2CCCC2C(=O)Nc2ccc(F)cc2C)s1. The van der Waals surface area contributed by atoms with Crippen LogP contribution in [0.4, 0.5) is 10.1 Å². The van der Waals surface area contributed by atoms with Gasteiger partial charge in [0.1, 0.15) is 16.1 Å². The van der Waals surface area contributed by atoms with Crippen LogP contribution >= 0.6 is 11.3 Å². The summed E-state index contributed by atoms with van der Waals surface area (Å²) >= 11 is 1.20. The van der Waals surface area contributed by atoms with Crippen molar-refractivity contribution in [1.29, 1.82) is 0 Å². The molecule has 134 valence electrons. The Bertz CT molecular complexity index is 908. The maximum Gasteiger partial charge on any atom is 0.253 e. The van der Waals surface area contributed by atoms with Crippen molar-refractivity contribution >= 4 is 33.0 Å². The molecule has 8 heteroatoms. The number of nitrogens with one attached hydrogen (secondary N) is 1. The van der Waals surface area contributed by atoms with Gasteiger partial charge in [0.05, 0.1) is 0 Å². The predicted octanol–water partition coefficient (Wildman–Crippen LogP) is 3.30. The van der Waals surface area contributed by atoms with E-state index in [0.29, 0.717) is 30.6 Å². The Morgan fingerprint density at radius 3 is 2.68 bits per heavy atom. The number of amides is 1. The molecular formula is C17H19FN2O3S2. The molecule has 1 saturated heterocycles. The second-order valence-corrected chi connectivity index (χ2v) is 9.49. The number of anilines is 1. The summed E-state index contributed by atoms with van der Waals surface area (Å²) in [6.07, 6.45) is 1.10. The van der Waals surface area contributed by atoms with E-state index in [2.05, 4.69) is 5.32 Å². The average Bonchev–Trinajstić information content (AvgIpc) is 3.19. The van der Waals surface area contributed by atoms with Crippen LogP contribution in [0, 0.1) is 19.7 Å². The largest absolute Gasteiger partial charge is 0.324 e. The molecule has 0 bridgehead atoms. The lowest BCUT2D eigenvalue weighted by atomic mass is 10.1. The molecule has 1 aliphatic heterocycles. The van der Waals surface area contributed by atoms with Crippen LogP contribution in [0.2, 0.25) is 0 Å². The number of thiophene rings is 1. The Kier molecular flexibility index (Phi) is 4.95. The zero-order chi connectivity index (χ0) is 18.2. The number of rotatable bonds is 4. The normalized spacial score (nSPS) is 18.4. The molecule has 25 heavy (non-hydrogen) atoms. The van der Waals surface area contributed by atoms with Crippen LogP contribution in [0.25, 0.3) is 0 Å².